The Balaban J connectivity index is 0.000000253. The fraction of sp³-hybridized carbons (Fsp3) is 0.0714. The molecule has 2 aliphatic rings. The van der Waals surface area contributed by atoms with E-state index >= 15 is 0 Å². The molecule has 0 saturated carbocycles. The predicted octanol–water partition coefficient (Wildman–Crippen LogP) is 9.02. The van der Waals surface area contributed by atoms with E-state index in [-0.39, 0.29) is 28.3 Å². The zero-order chi connectivity index (χ0) is 26.2. The van der Waals surface area contributed by atoms with Gasteiger partial charge < -0.3 is 10.6 Å². The summed E-state index contributed by atoms with van der Waals surface area (Å²) in [5, 5.41) is 6.30. The molecular formula is C28H22CoI4N2O2. The van der Waals surface area contributed by atoms with Crippen molar-refractivity contribution >= 4 is 113 Å². The Morgan fingerprint density at radius 2 is 0.892 bits per heavy atom. The standard InChI is InChI=1S/2C14H11I2NO.Co/c2*1-9-2-4-12(5-3-9)17-8-10-6-11(15)7-13(16)14(10)18;/h2*2-8,17H,1H3;/b2*10-8-;. The second kappa shape index (κ2) is 15.7. The van der Waals surface area contributed by atoms with Gasteiger partial charge in [0.15, 0.2) is 0 Å². The first-order valence-corrected chi connectivity index (χ1v) is 15.1. The van der Waals surface area contributed by atoms with Crippen molar-refractivity contribution in [3.8, 4) is 0 Å². The van der Waals surface area contributed by atoms with E-state index in [2.05, 4.69) is 101 Å². The Morgan fingerprint density at radius 1 is 0.568 bits per heavy atom. The molecule has 0 heterocycles. The predicted molar refractivity (Wildman–Crippen MR) is 184 cm³/mol. The molecule has 2 aliphatic carbocycles. The van der Waals surface area contributed by atoms with Crippen molar-refractivity contribution in [1.29, 1.82) is 0 Å². The summed E-state index contributed by atoms with van der Waals surface area (Å²) in [6.45, 7) is 4.09. The van der Waals surface area contributed by atoms with Gasteiger partial charge in [-0.2, -0.15) is 0 Å². The van der Waals surface area contributed by atoms with Gasteiger partial charge in [-0.3, -0.25) is 9.59 Å². The van der Waals surface area contributed by atoms with Gasteiger partial charge in [-0.05, 0) is 153 Å². The molecule has 0 fully saturated rings. The summed E-state index contributed by atoms with van der Waals surface area (Å²) in [7, 11) is 0. The summed E-state index contributed by atoms with van der Waals surface area (Å²) in [6.07, 6.45) is 11.0. The summed E-state index contributed by atoms with van der Waals surface area (Å²) in [5.41, 5.74) is 5.77. The Kier molecular flexibility index (Phi) is 13.8. The monoisotopic (exact) mass is 985 g/mol. The maximum Gasteiger partial charge on any atom is 0.200 e. The number of Topliss-reactive ketones (excluding diaryl/α,β-unsaturated/α-hetero) is 2. The van der Waals surface area contributed by atoms with Crippen LogP contribution in [0.2, 0.25) is 0 Å². The van der Waals surface area contributed by atoms with E-state index in [0.717, 1.165) is 25.7 Å². The molecule has 193 valence electrons. The number of aryl methyl sites for hydroxylation is 2. The van der Waals surface area contributed by atoms with Gasteiger partial charge in [0.05, 0.1) is 7.16 Å². The quantitative estimate of drug-likeness (QED) is 0.238. The molecule has 0 amide bonds. The fourth-order valence-electron chi connectivity index (χ4n) is 3.00. The second-order valence-electron chi connectivity index (χ2n) is 7.92. The zero-order valence-electron chi connectivity index (χ0n) is 19.7. The number of hydrogen-bond acceptors (Lipinski definition) is 4. The van der Waals surface area contributed by atoms with Gasteiger partial charge in [0, 0.05) is 58.9 Å². The van der Waals surface area contributed by atoms with Crippen LogP contribution in [0.4, 0.5) is 11.4 Å². The molecule has 37 heavy (non-hydrogen) atoms. The van der Waals surface area contributed by atoms with Crippen LogP contribution in [0, 0.1) is 13.8 Å². The molecule has 2 N–H and O–H groups in total. The van der Waals surface area contributed by atoms with Crippen LogP contribution in [0.1, 0.15) is 11.1 Å². The van der Waals surface area contributed by atoms with Crippen molar-refractivity contribution in [2.45, 2.75) is 13.8 Å². The number of anilines is 2. The smallest absolute Gasteiger partial charge is 0.200 e. The van der Waals surface area contributed by atoms with Gasteiger partial charge in [-0.15, -0.1) is 0 Å². The van der Waals surface area contributed by atoms with Crippen LogP contribution in [0.25, 0.3) is 0 Å². The van der Waals surface area contributed by atoms with E-state index in [1.54, 1.807) is 12.4 Å². The fourth-order valence-corrected chi connectivity index (χ4v) is 6.78. The molecule has 0 aromatic heterocycles. The number of nitrogens with one attached hydrogen (secondary N) is 2. The minimum Gasteiger partial charge on any atom is -0.361 e. The van der Waals surface area contributed by atoms with E-state index in [0.29, 0.717) is 11.1 Å². The minimum absolute atomic E-state index is 0. The molecule has 9 heteroatoms. The van der Waals surface area contributed by atoms with Crippen molar-refractivity contribution in [2.24, 2.45) is 0 Å². The summed E-state index contributed by atoms with van der Waals surface area (Å²) in [5.74, 6) is 0.131. The Morgan fingerprint density at radius 3 is 1.22 bits per heavy atom. The molecule has 1 radical (unpaired) electrons. The number of allylic oxidation sites excluding steroid dienone is 10. The Labute approximate surface area is 282 Å². The number of carbonyl (C=O) groups is 2. The number of halogens is 4. The molecule has 0 unspecified atom stereocenters. The van der Waals surface area contributed by atoms with E-state index < -0.39 is 0 Å². The van der Waals surface area contributed by atoms with Crippen LogP contribution < -0.4 is 10.6 Å². The molecule has 2 aromatic carbocycles. The third-order valence-corrected chi connectivity index (χ3v) is 7.81. The van der Waals surface area contributed by atoms with Gasteiger partial charge in [-0.1, -0.05) is 35.4 Å². The van der Waals surface area contributed by atoms with Gasteiger partial charge in [0.1, 0.15) is 0 Å². The van der Waals surface area contributed by atoms with Crippen molar-refractivity contribution in [3.63, 3.8) is 0 Å². The second-order valence-corrected chi connectivity index (χ2v) is 12.7. The van der Waals surface area contributed by atoms with Crippen LogP contribution in [-0.4, -0.2) is 11.6 Å². The number of hydrogen-bond donors (Lipinski definition) is 2. The van der Waals surface area contributed by atoms with Crippen molar-refractivity contribution in [3.05, 3.63) is 122 Å². The first-order chi connectivity index (χ1) is 17.1. The summed E-state index contributed by atoms with van der Waals surface area (Å²) < 4.78 is 3.62. The topological polar surface area (TPSA) is 58.2 Å². The van der Waals surface area contributed by atoms with Crippen LogP contribution >= 0.6 is 90.4 Å². The maximum atomic E-state index is 11.9. The molecule has 0 aliphatic heterocycles. The third kappa shape index (κ3) is 10.4. The number of carbonyl (C=O) groups excluding carboxylic acids is 2. The largest absolute Gasteiger partial charge is 0.361 e. The van der Waals surface area contributed by atoms with Crippen LogP contribution in [0.3, 0.4) is 0 Å². The van der Waals surface area contributed by atoms with Crippen LogP contribution in [0.5, 0.6) is 0 Å². The van der Waals surface area contributed by atoms with E-state index in [4.69, 9.17) is 0 Å². The van der Waals surface area contributed by atoms with Crippen LogP contribution in [0.15, 0.2) is 111 Å². The van der Waals surface area contributed by atoms with Crippen molar-refractivity contribution in [1.82, 2.24) is 0 Å². The first kappa shape index (κ1) is 32.5. The summed E-state index contributed by atoms with van der Waals surface area (Å²) >= 11 is 8.57. The van der Waals surface area contributed by atoms with Gasteiger partial charge in [0.2, 0.25) is 11.6 Å². The zero-order valence-corrected chi connectivity index (χ0v) is 29.4. The van der Waals surface area contributed by atoms with E-state index in [1.165, 1.54) is 11.1 Å². The van der Waals surface area contributed by atoms with Crippen molar-refractivity contribution in [2.75, 3.05) is 10.6 Å². The number of rotatable bonds is 4. The average Bonchev–Trinajstić information content (AvgIpc) is 2.84. The van der Waals surface area contributed by atoms with Gasteiger partial charge in [0.25, 0.3) is 0 Å². The minimum atomic E-state index is 0. The molecule has 0 bridgehead atoms. The maximum absolute atomic E-state index is 11.9. The Bertz CT molecular complexity index is 1250. The molecule has 4 nitrogen and oxygen atoms in total. The van der Waals surface area contributed by atoms with Crippen LogP contribution in [-0.2, 0) is 26.4 Å². The summed E-state index contributed by atoms with van der Waals surface area (Å²) in [4.78, 5) is 23.8. The molecular weight excluding hydrogens is 963 g/mol. The number of benzene rings is 2. The van der Waals surface area contributed by atoms with Crippen molar-refractivity contribution < 1.29 is 26.4 Å². The van der Waals surface area contributed by atoms with Gasteiger partial charge in [-0.25, -0.2) is 0 Å². The van der Waals surface area contributed by atoms with Gasteiger partial charge >= 0.3 is 0 Å². The molecule has 0 spiro atoms. The molecule has 0 atom stereocenters. The molecule has 4 rings (SSSR count). The van der Waals surface area contributed by atoms with E-state index in [9.17, 15) is 9.59 Å². The average molecular weight is 985 g/mol. The third-order valence-electron chi connectivity index (χ3n) is 4.97. The molecule has 2 aromatic rings. The number of ketones is 2. The Hall–Kier alpha value is -0.754. The normalized spacial score (nSPS) is 17.0. The van der Waals surface area contributed by atoms with E-state index in [1.807, 2.05) is 86.7 Å². The first-order valence-electron chi connectivity index (χ1n) is 10.8. The SMILES string of the molecule is Cc1ccc(N/C=C2/C=C(I)C=C(I)C2=O)cc1.Cc1ccc(N/C=C2/C=C(I)C=C(I)C2=O)cc1.[Co]. The summed E-state index contributed by atoms with van der Waals surface area (Å²) in [6, 6.07) is 16.1. The molecule has 0 saturated heterocycles.